The molecular weight excluding hydrogens is 384 g/mol. The van der Waals surface area contributed by atoms with Crippen LogP contribution in [0.1, 0.15) is 38.5 Å². The van der Waals surface area contributed by atoms with Crippen LogP contribution in [0.4, 0.5) is 11.4 Å². The maximum atomic E-state index is 12.7. The van der Waals surface area contributed by atoms with Gasteiger partial charge in [-0.15, -0.1) is 0 Å². The zero-order valence-electron chi connectivity index (χ0n) is 17.8. The monoisotopic (exact) mass is 414 g/mol. The molecule has 8 heteroatoms. The summed E-state index contributed by atoms with van der Waals surface area (Å²) < 4.78 is 8.21. The highest BCUT2D eigenvalue weighted by molar-refractivity contribution is 5.98. The van der Waals surface area contributed by atoms with E-state index in [1.165, 1.54) is 34.8 Å². The number of carbonyl (C=O) groups is 1. The van der Waals surface area contributed by atoms with Crippen LogP contribution < -0.4 is 21.3 Å². The molecule has 0 radical (unpaired) electrons. The molecule has 2 heterocycles. The van der Waals surface area contributed by atoms with Crippen molar-refractivity contribution in [3.63, 3.8) is 0 Å². The van der Waals surface area contributed by atoms with Crippen LogP contribution in [0.15, 0.2) is 21.7 Å². The number of aromatic nitrogens is 2. The molecule has 2 fully saturated rings. The summed E-state index contributed by atoms with van der Waals surface area (Å²) in [6, 6.07) is 3.71. The van der Waals surface area contributed by atoms with Gasteiger partial charge in [-0.2, -0.15) is 0 Å². The van der Waals surface area contributed by atoms with Crippen LogP contribution in [0.25, 0.3) is 11.0 Å². The zero-order chi connectivity index (χ0) is 21.3. The Kier molecular flexibility index (Phi) is 5.94. The Morgan fingerprint density at radius 2 is 1.63 bits per heavy atom. The highest BCUT2D eigenvalue weighted by Crippen LogP contribution is 2.32. The third-order valence-corrected chi connectivity index (χ3v) is 6.49. The van der Waals surface area contributed by atoms with E-state index in [2.05, 4.69) is 10.2 Å². The van der Waals surface area contributed by atoms with Gasteiger partial charge in [-0.1, -0.05) is 25.7 Å². The van der Waals surface area contributed by atoms with Gasteiger partial charge in [0, 0.05) is 33.6 Å². The quantitative estimate of drug-likeness (QED) is 0.757. The van der Waals surface area contributed by atoms with Crippen LogP contribution in [0.2, 0.25) is 0 Å². The van der Waals surface area contributed by atoms with Gasteiger partial charge in [0.1, 0.15) is 0 Å². The fraction of sp³-hybridized carbons (Fsp3) is 0.591. The summed E-state index contributed by atoms with van der Waals surface area (Å²) in [6.07, 6.45) is 6.39. The maximum Gasteiger partial charge on any atom is 0.316 e. The van der Waals surface area contributed by atoms with E-state index in [0.717, 1.165) is 12.1 Å². The number of hydrogen-bond donors (Lipinski definition) is 1. The van der Waals surface area contributed by atoms with E-state index in [0.29, 0.717) is 55.4 Å². The van der Waals surface area contributed by atoms with Crippen LogP contribution in [-0.4, -0.2) is 41.3 Å². The first-order chi connectivity index (χ1) is 14.5. The van der Waals surface area contributed by atoms with Gasteiger partial charge in [0.15, 0.2) is 0 Å². The van der Waals surface area contributed by atoms with Gasteiger partial charge in [-0.05, 0) is 24.5 Å². The van der Waals surface area contributed by atoms with Crippen molar-refractivity contribution in [1.82, 2.24) is 9.13 Å². The molecule has 162 valence electrons. The number of fused-ring (bicyclic) bond motifs is 1. The molecule has 1 amide bonds. The minimum absolute atomic E-state index is 0.00872. The average molecular weight is 415 g/mol. The van der Waals surface area contributed by atoms with Gasteiger partial charge >= 0.3 is 11.1 Å². The van der Waals surface area contributed by atoms with E-state index in [9.17, 15) is 14.4 Å². The topological polar surface area (TPSA) is 85.6 Å². The molecule has 2 aliphatic rings. The number of nitrogens with zero attached hydrogens (tertiary/aromatic N) is 3. The summed E-state index contributed by atoms with van der Waals surface area (Å²) in [5, 5.41) is 3.08. The van der Waals surface area contributed by atoms with Gasteiger partial charge in [0.25, 0.3) is 0 Å². The number of carbonyl (C=O) groups excluding carboxylic acids is 1. The van der Waals surface area contributed by atoms with E-state index in [4.69, 9.17) is 4.74 Å². The van der Waals surface area contributed by atoms with Crippen molar-refractivity contribution < 1.29 is 9.53 Å². The number of anilines is 2. The molecule has 1 aromatic carbocycles. The minimum atomic E-state index is -0.581. The van der Waals surface area contributed by atoms with E-state index >= 15 is 0 Å². The number of amides is 1. The number of benzene rings is 1. The predicted molar refractivity (Wildman–Crippen MR) is 117 cm³/mol. The molecule has 2 aromatic rings. The van der Waals surface area contributed by atoms with Crippen molar-refractivity contribution in [3.8, 4) is 0 Å². The zero-order valence-corrected chi connectivity index (χ0v) is 17.8. The second kappa shape index (κ2) is 8.63. The lowest BCUT2D eigenvalue weighted by atomic mass is 10.0. The van der Waals surface area contributed by atoms with E-state index < -0.39 is 11.1 Å². The van der Waals surface area contributed by atoms with E-state index in [-0.39, 0.29) is 5.91 Å². The molecule has 1 aliphatic heterocycles. The molecule has 0 atom stereocenters. The van der Waals surface area contributed by atoms with Gasteiger partial charge < -0.3 is 24.1 Å². The minimum Gasteiger partial charge on any atom is -0.378 e. The Morgan fingerprint density at radius 1 is 1.03 bits per heavy atom. The van der Waals surface area contributed by atoms with E-state index in [1.54, 1.807) is 14.1 Å². The predicted octanol–water partition coefficient (Wildman–Crippen LogP) is 1.98. The Bertz CT molecular complexity index is 1060. The van der Waals surface area contributed by atoms with Crippen LogP contribution in [0.5, 0.6) is 0 Å². The van der Waals surface area contributed by atoms with Crippen molar-refractivity contribution in [2.24, 2.45) is 20.0 Å². The van der Waals surface area contributed by atoms with Crippen molar-refractivity contribution >= 4 is 28.3 Å². The summed E-state index contributed by atoms with van der Waals surface area (Å²) >= 11 is 0. The Labute approximate surface area is 175 Å². The number of nitrogens with one attached hydrogen (secondary N) is 1. The number of rotatable bonds is 5. The second-order valence-electron chi connectivity index (χ2n) is 8.42. The number of hydrogen-bond acceptors (Lipinski definition) is 5. The van der Waals surface area contributed by atoms with Gasteiger partial charge in [-0.3, -0.25) is 14.4 Å². The van der Waals surface area contributed by atoms with Crippen LogP contribution in [-0.2, 0) is 23.6 Å². The third kappa shape index (κ3) is 4.01. The molecule has 1 aliphatic carbocycles. The highest BCUT2D eigenvalue weighted by Gasteiger charge is 2.21. The lowest BCUT2D eigenvalue weighted by molar-refractivity contribution is -0.116. The first-order valence-electron chi connectivity index (χ1n) is 10.8. The molecule has 0 bridgehead atoms. The van der Waals surface area contributed by atoms with Crippen molar-refractivity contribution in [3.05, 3.63) is 32.8 Å². The van der Waals surface area contributed by atoms with Gasteiger partial charge in [0.2, 0.25) is 5.91 Å². The summed E-state index contributed by atoms with van der Waals surface area (Å²) in [7, 11) is 3.20. The normalized spacial score (nSPS) is 17.6. The summed E-state index contributed by atoms with van der Waals surface area (Å²) in [6.45, 7) is 2.63. The smallest absolute Gasteiger partial charge is 0.316 e. The highest BCUT2D eigenvalue weighted by atomic mass is 16.5. The Hall–Kier alpha value is -2.61. The molecule has 1 saturated carbocycles. The Balaban J connectivity index is 1.70. The van der Waals surface area contributed by atoms with Crippen LogP contribution >= 0.6 is 0 Å². The third-order valence-electron chi connectivity index (χ3n) is 6.49. The first-order valence-corrected chi connectivity index (χ1v) is 10.8. The molecule has 1 saturated heterocycles. The molecule has 0 unspecified atom stereocenters. The van der Waals surface area contributed by atoms with Crippen LogP contribution in [0.3, 0.4) is 0 Å². The van der Waals surface area contributed by atoms with Gasteiger partial charge in [-0.25, -0.2) is 0 Å². The average Bonchev–Trinajstić information content (AvgIpc) is 3.29. The number of morpholine rings is 1. The van der Waals surface area contributed by atoms with Crippen molar-refractivity contribution in [2.75, 3.05) is 36.5 Å². The van der Waals surface area contributed by atoms with E-state index in [1.807, 2.05) is 12.1 Å². The molecule has 1 aromatic heterocycles. The lowest BCUT2D eigenvalue weighted by Gasteiger charge is -2.31. The second-order valence-corrected chi connectivity index (χ2v) is 8.42. The molecule has 4 rings (SSSR count). The summed E-state index contributed by atoms with van der Waals surface area (Å²) in [4.78, 5) is 39.5. The van der Waals surface area contributed by atoms with Crippen molar-refractivity contribution in [2.45, 2.75) is 38.5 Å². The summed E-state index contributed by atoms with van der Waals surface area (Å²) in [5.74, 6) is 0.645. The molecular formula is C22H30N4O4. The Morgan fingerprint density at radius 3 is 2.27 bits per heavy atom. The fourth-order valence-corrected chi connectivity index (χ4v) is 4.62. The number of aryl methyl sites for hydroxylation is 2. The van der Waals surface area contributed by atoms with Gasteiger partial charge in [0.05, 0.1) is 35.6 Å². The molecule has 0 spiro atoms. The standard InChI is InChI=1S/C22H30N4O4/c1-24-18-13-16(23-20(27)8-7-15-5-3-4-6-15)17(26-9-11-30-12-10-26)14-19(18)25(2)22(29)21(24)28/h13-15H,3-12H2,1-2H3,(H,23,27). The molecule has 1 N–H and O–H groups in total. The molecule has 8 nitrogen and oxygen atoms in total. The first kappa shape index (κ1) is 20.7. The molecule has 30 heavy (non-hydrogen) atoms. The largest absolute Gasteiger partial charge is 0.378 e. The number of ether oxygens (including phenoxy) is 1. The van der Waals surface area contributed by atoms with Crippen molar-refractivity contribution in [1.29, 1.82) is 0 Å². The lowest BCUT2D eigenvalue weighted by Crippen LogP contribution is -2.40. The van der Waals surface area contributed by atoms with Crippen LogP contribution in [0, 0.1) is 5.92 Å². The SMILES string of the molecule is Cn1c(=O)c(=O)n(C)c2cc(N3CCOCC3)c(NC(=O)CCC3CCCC3)cc21. The summed E-state index contributed by atoms with van der Waals surface area (Å²) in [5.41, 5.74) is 1.66. The fourth-order valence-electron chi connectivity index (χ4n) is 4.62. The maximum absolute atomic E-state index is 12.7.